The normalized spacial score (nSPS) is 16.8. The Hall–Kier alpha value is -1.88. The summed E-state index contributed by atoms with van der Waals surface area (Å²) in [5.41, 5.74) is 12.7. The van der Waals surface area contributed by atoms with Gasteiger partial charge in [0.15, 0.2) is 5.11 Å². The lowest BCUT2D eigenvalue weighted by atomic mass is 9.89. The predicted octanol–water partition coefficient (Wildman–Crippen LogP) is 2.49. The summed E-state index contributed by atoms with van der Waals surface area (Å²) < 4.78 is 0. The van der Waals surface area contributed by atoms with E-state index in [1.54, 1.807) is 6.21 Å². The molecule has 0 fully saturated rings. The number of hydrogen-bond acceptors (Lipinski definition) is 3. The van der Waals surface area contributed by atoms with E-state index in [4.69, 9.17) is 18.0 Å². The van der Waals surface area contributed by atoms with Gasteiger partial charge in [0.1, 0.15) is 0 Å². The molecule has 3 N–H and O–H groups in total. The van der Waals surface area contributed by atoms with Crippen molar-refractivity contribution in [3.05, 3.63) is 35.4 Å². The summed E-state index contributed by atoms with van der Waals surface area (Å²) in [6.45, 7) is 6.56. The van der Waals surface area contributed by atoms with E-state index in [2.05, 4.69) is 61.5 Å². The molecule has 1 heterocycles. The van der Waals surface area contributed by atoms with Crippen LogP contribution in [0.2, 0.25) is 0 Å². The minimum Gasteiger partial charge on any atom is -0.375 e. The van der Waals surface area contributed by atoms with Crippen LogP contribution in [0.4, 0.5) is 5.69 Å². The second-order valence-electron chi connectivity index (χ2n) is 5.55. The number of fused-ring (bicyclic) bond motifs is 1. The molecule has 20 heavy (non-hydrogen) atoms. The third-order valence-corrected chi connectivity index (χ3v) is 3.72. The monoisotopic (exact) mass is 288 g/mol. The van der Waals surface area contributed by atoms with Gasteiger partial charge in [0, 0.05) is 18.3 Å². The van der Waals surface area contributed by atoms with Crippen molar-refractivity contribution in [2.24, 2.45) is 10.8 Å². The number of likely N-dealkylation sites (N-methyl/N-ethyl adjacent to an activating group) is 1. The van der Waals surface area contributed by atoms with E-state index in [0.29, 0.717) is 0 Å². The Morgan fingerprint density at radius 2 is 2.15 bits per heavy atom. The van der Waals surface area contributed by atoms with Gasteiger partial charge in [-0.1, -0.05) is 12.1 Å². The zero-order chi connectivity index (χ0) is 14.9. The van der Waals surface area contributed by atoms with Crippen LogP contribution in [0, 0.1) is 0 Å². The maximum atomic E-state index is 5.33. The second kappa shape index (κ2) is 5.25. The largest absolute Gasteiger partial charge is 0.375 e. The minimum atomic E-state index is 0.0278. The molecule has 0 aromatic heterocycles. The molecule has 0 radical (unpaired) electrons. The number of hydrogen-bond donors (Lipinski definition) is 2. The van der Waals surface area contributed by atoms with Gasteiger partial charge in [0.25, 0.3) is 0 Å². The highest BCUT2D eigenvalue weighted by atomic mass is 32.1. The molecule has 0 aliphatic carbocycles. The molecule has 0 bridgehead atoms. The molecule has 1 aliphatic heterocycles. The van der Waals surface area contributed by atoms with E-state index in [9.17, 15) is 0 Å². The summed E-state index contributed by atoms with van der Waals surface area (Å²) in [6, 6.07) is 6.28. The lowest BCUT2D eigenvalue weighted by molar-refractivity contribution is 0.598. The van der Waals surface area contributed by atoms with Crippen molar-refractivity contribution in [3.63, 3.8) is 0 Å². The smallest absolute Gasteiger partial charge is 0.184 e. The van der Waals surface area contributed by atoms with Gasteiger partial charge in [-0.05, 0) is 56.3 Å². The van der Waals surface area contributed by atoms with Gasteiger partial charge in [-0.25, -0.2) is 0 Å². The maximum absolute atomic E-state index is 5.33. The highest BCUT2D eigenvalue weighted by molar-refractivity contribution is 7.80. The molecule has 0 saturated heterocycles. The number of nitrogens with zero attached hydrogens (tertiary/aromatic N) is 2. The fourth-order valence-electron chi connectivity index (χ4n) is 2.43. The number of thiocarbonyl (C=S) groups is 1. The van der Waals surface area contributed by atoms with E-state index >= 15 is 0 Å². The number of hydrazone groups is 1. The quantitative estimate of drug-likeness (QED) is 0.499. The zero-order valence-electron chi connectivity index (χ0n) is 12.3. The molecular weight excluding hydrogens is 268 g/mol. The summed E-state index contributed by atoms with van der Waals surface area (Å²) in [5, 5.41) is 4.15. The maximum Gasteiger partial charge on any atom is 0.184 e. The van der Waals surface area contributed by atoms with E-state index in [0.717, 1.165) is 5.56 Å². The SMILES string of the molecule is CC1=CC(C)(C)N(C)c2ccc(/C=N/NC(N)=S)cc21. The van der Waals surface area contributed by atoms with Crippen LogP contribution >= 0.6 is 12.2 Å². The van der Waals surface area contributed by atoms with E-state index in [-0.39, 0.29) is 10.7 Å². The van der Waals surface area contributed by atoms with Crippen LogP contribution < -0.4 is 16.1 Å². The van der Waals surface area contributed by atoms with Crippen molar-refractivity contribution in [2.45, 2.75) is 26.3 Å². The van der Waals surface area contributed by atoms with Gasteiger partial charge >= 0.3 is 0 Å². The van der Waals surface area contributed by atoms with Crippen LogP contribution in [0.15, 0.2) is 29.4 Å². The zero-order valence-corrected chi connectivity index (χ0v) is 13.1. The molecule has 2 rings (SSSR count). The Bertz CT molecular complexity index is 602. The molecule has 0 amide bonds. The number of benzene rings is 1. The van der Waals surface area contributed by atoms with Gasteiger partial charge in [0.2, 0.25) is 0 Å². The molecule has 0 spiro atoms. The first-order chi connectivity index (χ1) is 9.31. The van der Waals surface area contributed by atoms with Crippen molar-refractivity contribution < 1.29 is 0 Å². The first-order valence-corrected chi connectivity index (χ1v) is 6.88. The lowest BCUT2D eigenvalue weighted by Gasteiger charge is -2.40. The fourth-order valence-corrected chi connectivity index (χ4v) is 2.48. The van der Waals surface area contributed by atoms with E-state index in [1.807, 2.05) is 6.07 Å². The third kappa shape index (κ3) is 2.82. The summed E-state index contributed by atoms with van der Waals surface area (Å²) in [7, 11) is 2.12. The summed E-state index contributed by atoms with van der Waals surface area (Å²) in [4.78, 5) is 2.28. The molecule has 4 nitrogen and oxygen atoms in total. The average molecular weight is 288 g/mol. The topological polar surface area (TPSA) is 53.6 Å². The number of nitrogens with two attached hydrogens (primary N) is 1. The predicted molar refractivity (Wildman–Crippen MR) is 90.1 cm³/mol. The van der Waals surface area contributed by atoms with Crippen LogP contribution in [-0.4, -0.2) is 23.9 Å². The minimum absolute atomic E-state index is 0.0278. The van der Waals surface area contributed by atoms with Gasteiger partial charge in [-0.2, -0.15) is 5.10 Å². The number of allylic oxidation sites excluding steroid dienone is 1. The van der Waals surface area contributed by atoms with E-state index in [1.165, 1.54) is 16.8 Å². The highest BCUT2D eigenvalue weighted by Gasteiger charge is 2.28. The molecule has 1 aromatic rings. The Balaban J connectivity index is 2.35. The Morgan fingerprint density at radius 3 is 2.80 bits per heavy atom. The lowest BCUT2D eigenvalue weighted by Crippen LogP contribution is -2.42. The number of nitrogens with one attached hydrogen (secondary N) is 1. The Labute approximate surface area is 125 Å². The molecular formula is C15H20N4S. The van der Waals surface area contributed by atoms with Crippen molar-refractivity contribution in [1.29, 1.82) is 0 Å². The van der Waals surface area contributed by atoms with Crippen molar-refractivity contribution in [1.82, 2.24) is 5.43 Å². The van der Waals surface area contributed by atoms with Crippen molar-refractivity contribution in [3.8, 4) is 0 Å². The molecule has 0 saturated carbocycles. The second-order valence-corrected chi connectivity index (χ2v) is 5.99. The van der Waals surface area contributed by atoms with Crippen LogP contribution in [0.5, 0.6) is 0 Å². The summed E-state index contributed by atoms with van der Waals surface area (Å²) >= 11 is 4.70. The van der Waals surface area contributed by atoms with Crippen LogP contribution in [-0.2, 0) is 0 Å². The molecule has 0 atom stereocenters. The molecule has 5 heteroatoms. The van der Waals surface area contributed by atoms with Crippen LogP contribution in [0.3, 0.4) is 0 Å². The average Bonchev–Trinajstić information content (AvgIpc) is 2.35. The van der Waals surface area contributed by atoms with Gasteiger partial charge in [-0.15, -0.1) is 0 Å². The first-order valence-electron chi connectivity index (χ1n) is 6.47. The van der Waals surface area contributed by atoms with Gasteiger partial charge < -0.3 is 10.6 Å². The standard InChI is InChI=1S/C15H20N4S/c1-10-8-15(2,3)19(4)13-6-5-11(7-12(10)13)9-17-18-14(16)20/h5-9H,1-4H3,(H3,16,18,20)/b17-9+. The highest BCUT2D eigenvalue weighted by Crippen LogP contribution is 2.37. The number of rotatable bonds is 2. The third-order valence-electron chi connectivity index (χ3n) is 3.63. The molecule has 106 valence electrons. The van der Waals surface area contributed by atoms with Crippen LogP contribution in [0.1, 0.15) is 31.9 Å². The van der Waals surface area contributed by atoms with Crippen LogP contribution in [0.25, 0.3) is 5.57 Å². The molecule has 0 unspecified atom stereocenters. The fraction of sp³-hybridized carbons (Fsp3) is 0.333. The Morgan fingerprint density at radius 1 is 1.45 bits per heavy atom. The molecule has 1 aliphatic rings. The van der Waals surface area contributed by atoms with Crippen molar-refractivity contribution >= 4 is 34.8 Å². The van der Waals surface area contributed by atoms with Crippen molar-refractivity contribution in [2.75, 3.05) is 11.9 Å². The number of anilines is 1. The summed E-state index contributed by atoms with van der Waals surface area (Å²) in [5.74, 6) is 0. The van der Waals surface area contributed by atoms with Gasteiger partial charge in [-0.3, -0.25) is 5.43 Å². The Kier molecular flexibility index (Phi) is 3.81. The molecule has 1 aromatic carbocycles. The van der Waals surface area contributed by atoms with E-state index < -0.39 is 0 Å². The first kappa shape index (κ1) is 14.5. The van der Waals surface area contributed by atoms with Gasteiger partial charge in [0.05, 0.1) is 11.8 Å². The summed E-state index contributed by atoms with van der Waals surface area (Å²) in [6.07, 6.45) is 4.00.